The first-order valence-corrected chi connectivity index (χ1v) is 7.68. The standard InChI is InChI=1S/C17H19ClN2O/c18-17-7-2-1-4-13(17)11-21-12-16-6-3-5-15(20-16)10-19-14-8-9-14/h1-7,14,19H,8-12H2. The van der Waals surface area contributed by atoms with Crippen LogP contribution < -0.4 is 5.32 Å². The van der Waals surface area contributed by atoms with E-state index in [0.29, 0.717) is 19.3 Å². The number of ether oxygens (including phenoxy) is 1. The third-order valence-electron chi connectivity index (χ3n) is 3.48. The van der Waals surface area contributed by atoms with E-state index >= 15 is 0 Å². The van der Waals surface area contributed by atoms with E-state index in [1.165, 1.54) is 12.8 Å². The van der Waals surface area contributed by atoms with Gasteiger partial charge in [-0.2, -0.15) is 0 Å². The second-order valence-electron chi connectivity index (χ2n) is 5.36. The number of rotatable bonds is 7. The van der Waals surface area contributed by atoms with Crippen LogP contribution in [0.5, 0.6) is 0 Å². The SMILES string of the molecule is Clc1ccccc1COCc1cccc(CNC2CC2)n1. The van der Waals surface area contributed by atoms with Gasteiger partial charge in [0.1, 0.15) is 0 Å². The molecule has 1 heterocycles. The number of aromatic nitrogens is 1. The average Bonchev–Trinajstić information content (AvgIpc) is 3.32. The molecule has 0 spiro atoms. The monoisotopic (exact) mass is 302 g/mol. The lowest BCUT2D eigenvalue weighted by Gasteiger charge is -2.07. The Morgan fingerprint density at radius 1 is 1.05 bits per heavy atom. The Bertz CT molecular complexity index is 599. The molecule has 0 unspecified atom stereocenters. The average molecular weight is 303 g/mol. The van der Waals surface area contributed by atoms with Crippen molar-refractivity contribution in [2.75, 3.05) is 0 Å². The van der Waals surface area contributed by atoms with Crippen molar-refractivity contribution in [1.29, 1.82) is 0 Å². The van der Waals surface area contributed by atoms with Crippen LogP contribution in [0.4, 0.5) is 0 Å². The Hall–Kier alpha value is -1.42. The minimum absolute atomic E-state index is 0.502. The van der Waals surface area contributed by atoms with Crippen molar-refractivity contribution >= 4 is 11.6 Å². The number of nitrogens with one attached hydrogen (secondary N) is 1. The third-order valence-corrected chi connectivity index (χ3v) is 3.85. The first kappa shape index (κ1) is 14.5. The Morgan fingerprint density at radius 2 is 1.86 bits per heavy atom. The Morgan fingerprint density at radius 3 is 2.67 bits per heavy atom. The molecule has 0 atom stereocenters. The van der Waals surface area contributed by atoms with Crippen molar-refractivity contribution in [2.45, 2.75) is 38.6 Å². The summed E-state index contributed by atoms with van der Waals surface area (Å²) in [6.07, 6.45) is 2.58. The van der Waals surface area contributed by atoms with Gasteiger partial charge in [0.25, 0.3) is 0 Å². The molecule has 2 aromatic rings. The van der Waals surface area contributed by atoms with E-state index in [2.05, 4.69) is 10.3 Å². The van der Waals surface area contributed by atoms with Crippen LogP contribution in [-0.4, -0.2) is 11.0 Å². The molecule has 1 aromatic carbocycles. The summed E-state index contributed by atoms with van der Waals surface area (Å²) in [7, 11) is 0. The summed E-state index contributed by atoms with van der Waals surface area (Å²) < 4.78 is 5.71. The lowest BCUT2D eigenvalue weighted by molar-refractivity contribution is 0.104. The van der Waals surface area contributed by atoms with Crippen molar-refractivity contribution in [3.05, 3.63) is 64.4 Å². The van der Waals surface area contributed by atoms with Gasteiger partial charge >= 0.3 is 0 Å². The zero-order valence-electron chi connectivity index (χ0n) is 11.9. The van der Waals surface area contributed by atoms with E-state index < -0.39 is 0 Å². The zero-order valence-corrected chi connectivity index (χ0v) is 12.6. The smallest absolute Gasteiger partial charge is 0.0892 e. The molecule has 0 bridgehead atoms. The molecule has 1 fully saturated rings. The van der Waals surface area contributed by atoms with E-state index in [4.69, 9.17) is 16.3 Å². The lowest BCUT2D eigenvalue weighted by atomic mass is 10.2. The molecular weight excluding hydrogens is 284 g/mol. The minimum Gasteiger partial charge on any atom is -0.370 e. The van der Waals surface area contributed by atoms with Crippen LogP contribution in [0, 0.1) is 0 Å². The molecule has 0 saturated heterocycles. The van der Waals surface area contributed by atoms with Crippen LogP contribution in [0.15, 0.2) is 42.5 Å². The summed E-state index contributed by atoms with van der Waals surface area (Å²) in [5, 5.41) is 4.21. The topological polar surface area (TPSA) is 34.1 Å². The highest BCUT2D eigenvalue weighted by Crippen LogP contribution is 2.19. The van der Waals surface area contributed by atoms with E-state index in [9.17, 15) is 0 Å². The third kappa shape index (κ3) is 4.53. The number of hydrogen-bond acceptors (Lipinski definition) is 3. The van der Waals surface area contributed by atoms with Crippen LogP contribution >= 0.6 is 11.6 Å². The molecule has 1 aromatic heterocycles. The molecule has 1 saturated carbocycles. The maximum atomic E-state index is 6.10. The van der Waals surface area contributed by atoms with E-state index in [-0.39, 0.29) is 0 Å². The van der Waals surface area contributed by atoms with Gasteiger partial charge in [-0.3, -0.25) is 4.98 Å². The van der Waals surface area contributed by atoms with Crippen LogP contribution in [-0.2, 0) is 24.5 Å². The largest absolute Gasteiger partial charge is 0.370 e. The maximum absolute atomic E-state index is 6.10. The second kappa shape index (κ2) is 7.03. The van der Waals surface area contributed by atoms with Crippen LogP contribution in [0.1, 0.15) is 29.8 Å². The van der Waals surface area contributed by atoms with Gasteiger partial charge in [-0.25, -0.2) is 0 Å². The quantitative estimate of drug-likeness (QED) is 0.847. The first-order valence-electron chi connectivity index (χ1n) is 7.30. The molecule has 0 amide bonds. The van der Waals surface area contributed by atoms with Crippen LogP contribution in [0.25, 0.3) is 0 Å². The van der Waals surface area contributed by atoms with Gasteiger partial charge in [-0.15, -0.1) is 0 Å². The molecule has 110 valence electrons. The second-order valence-corrected chi connectivity index (χ2v) is 5.77. The molecule has 21 heavy (non-hydrogen) atoms. The van der Waals surface area contributed by atoms with E-state index in [1.807, 2.05) is 42.5 Å². The Labute approximate surface area is 130 Å². The van der Waals surface area contributed by atoms with Crippen molar-refractivity contribution < 1.29 is 4.74 Å². The summed E-state index contributed by atoms with van der Waals surface area (Å²) in [5.74, 6) is 0. The van der Waals surface area contributed by atoms with Gasteiger partial charge in [0.15, 0.2) is 0 Å². The van der Waals surface area contributed by atoms with Crippen LogP contribution in [0.2, 0.25) is 5.02 Å². The molecule has 1 aliphatic rings. The van der Waals surface area contributed by atoms with Crippen LogP contribution in [0.3, 0.4) is 0 Å². The number of hydrogen-bond donors (Lipinski definition) is 1. The van der Waals surface area contributed by atoms with E-state index in [1.54, 1.807) is 0 Å². The highest BCUT2D eigenvalue weighted by molar-refractivity contribution is 6.31. The molecule has 4 heteroatoms. The normalized spacial score (nSPS) is 14.3. The predicted octanol–water partition coefficient (Wildman–Crippen LogP) is 3.70. The fourth-order valence-electron chi connectivity index (χ4n) is 2.13. The van der Waals surface area contributed by atoms with Gasteiger partial charge in [0.05, 0.1) is 24.6 Å². The lowest BCUT2D eigenvalue weighted by Crippen LogP contribution is -2.16. The van der Waals surface area contributed by atoms with Gasteiger partial charge < -0.3 is 10.1 Å². The van der Waals surface area contributed by atoms with Crippen molar-refractivity contribution in [2.24, 2.45) is 0 Å². The molecule has 0 radical (unpaired) electrons. The number of benzene rings is 1. The summed E-state index contributed by atoms with van der Waals surface area (Å²) in [6, 6.07) is 14.5. The van der Waals surface area contributed by atoms with Gasteiger partial charge in [-0.1, -0.05) is 35.9 Å². The number of nitrogens with zero attached hydrogens (tertiary/aromatic N) is 1. The summed E-state index contributed by atoms with van der Waals surface area (Å²) in [4.78, 5) is 4.61. The minimum atomic E-state index is 0.502. The molecular formula is C17H19ClN2O. The molecule has 3 nitrogen and oxygen atoms in total. The Balaban J connectivity index is 1.50. The summed E-state index contributed by atoms with van der Waals surface area (Å²) in [5.41, 5.74) is 3.03. The number of halogens is 1. The number of pyridine rings is 1. The maximum Gasteiger partial charge on any atom is 0.0892 e. The molecule has 0 aliphatic heterocycles. The molecule has 1 aliphatic carbocycles. The van der Waals surface area contributed by atoms with E-state index in [0.717, 1.165) is 28.5 Å². The highest BCUT2D eigenvalue weighted by Gasteiger charge is 2.20. The Kier molecular flexibility index (Phi) is 4.86. The van der Waals surface area contributed by atoms with Gasteiger partial charge in [-0.05, 0) is 36.6 Å². The van der Waals surface area contributed by atoms with Crippen molar-refractivity contribution in [3.63, 3.8) is 0 Å². The van der Waals surface area contributed by atoms with Crippen molar-refractivity contribution in [1.82, 2.24) is 10.3 Å². The fraction of sp³-hybridized carbons (Fsp3) is 0.353. The summed E-state index contributed by atoms with van der Waals surface area (Å²) >= 11 is 6.10. The fourth-order valence-corrected chi connectivity index (χ4v) is 2.32. The van der Waals surface area contributed by atoms with Gasteiger partial charge in [0, 0.05) is 17.6 Å². The molecule has 3 rings (SSSR count). The highest BCUT2D eigenvalue weighted by atomic mass is 35.5. The summed E-state index contributed by atoms with van der Waals surface area (Å²) in [6.45, 7) is 1.84. The zero-order chi connectivity index (χ0) is 14.5. The van der Waals surface area contributed by atoms with Gasteiger partial charge in [0.2, 0.25) is 0 Å². The van der Waals surface area contributed by atoms with Crippen molar-refractivity contribution in [3.8, 4) is 0 Å². The first-order chi connectivity index (χ1) is 10.3. The molecule has 1 N–H and O–H groups in total. The predicted molar refractivity (Wildman–Crippen MR) is 84.0 cm³/mol.